The number of carbonyl (C=O) groups excluding carboxylic acids is 1. The zero-order valence-corrected chi connectivity index (χ0v) is 11.4. The minimum Gasteiger partial charge on any atom is -0.479 e. The van der Waals surface area contributed by atoms with Gasteiger partial charge in [0.25, 0.3) is 0 Å². The molecule has 2 unspecified atom stereocenters. The first kappa shape index (κ1) is 14.3. The second-order valence-electron chi connectivity index (χ2n) is 5.25. The molecule has 2 fully saturated rings. The third-order valence-electron chi connectivity index (χ3n) is 3.95. The Bertz CT molecular complexity index is 342. The highest BCUT2D eigenvalue weighted by molar-refractivity contribution is 5.81. The number of amides is 1. The summed E-state index contributed by atoms with van der Waals surface area (Å²) in [4.78, 5) is 27.1. The molecular formula is C13H22N2O4. The number of carboxylic acid groups (broad SMARTS) is 1. The van der Waals surface area contributed by atoms with Crippen LogP contribution >= 0.6 is 0 Å². The average Bonchev–Trinajstić information content (AvgIpc) is 2.46. The molecule has 1 amide bonds. The fourth-order valence-corrected chi connectivity index (χ4v) is 2.71. The normalized spacial score (nSPS) is 27.0. The number of morpholine rings is 1. The zero-order valence-electron chi connectivity index (χ0n) is 11.4. The molecule has 6 heteroatoms. The number of likely N-dealkylation sites (tertiary alicyclic amines) is 1. The molecule has 0 bridgehead atoms. The summed E-state index contributed by atoms with van der Waals surface area (Å²) in [5.74, 6) is -0.840. The third kappa shape index (κ3) is 3.45. The van der Waals surface area contributed by atoms with Crippen molar-refractivity contribution in [3.05, 3.63) is 0 Å². The summed E-state index contributed by atoms with van der Waals surface area (Å²) in [6.07, 6.45) is 2.51. The molecule has 0 radical (unpaired) electrons. The van der Waals surface area contributed by atoms with Gasteiger partial charge in [-0.05, 0) is 26.2 Å². The quantitative estimate of drug-likeness (QED) is 0.792. The van der Waals surface area contributed by atoms with Crippen LogP contribution in [0.5, 0.6) is 0 Å². The SMILES string of the molecule is CC(C(=O)N1CCCCC1)N1CCOC(C(=O)O)C1. The second-order valence-corrected chi connectivity index (χ2v) is 5.25. The van der Waals surface area contributed by atoms with Crippen LogP contribution in [0.1, 0.15) is 26.2 Å². The molecule has 0 aromatic carbocycles. The number of hydrogen-bond acceptors (Lipinski definition) is 4. The molecule has 2 saturated heterocycles. The lowest BCUT2D eigenvalue weighted by Gasteiger charge is -2.37. The summed E-state index contributed by atoms with van der Waals surface area (Å²) in [5, 5.41) is 8.98. The van der Waals surface area contributed by atoms with E-state index >= 15 is 0 Å². The van der Waals surface area contributed by atoms with E-state index in [0.29, 0.717) is 13.2 Å². The van der Waals surface area contributed by atoms with Crippen molar-refractivity contribution in [1.82, 2.24) is 9.80 Å². The van der Waals surface area contributed by atoms with Crippen LogP contribution in [-0.2, 0) is 14.3 Å². The summed E-state index contributed by atoms with van der Waals surface area (Å²) < 4.78 is 5.18. The first-order valence-electron chi connectivity index (χ1n) is 6.97. The molecule has 6 nitrogen and oxygen atoms in total. The van der Waals surface area contributed by atoms with E-state index in [1.807, 2.05) is 16.7 Å². The van der Waals surface area contributed by atoms with Crippen molar-refractivity contribution in [2.75, 3.05) is 32.8 Å². The maximum Gasteiger partial charge on any atom is 0.334 e. The van der Waals surface area contributed by atoms with E-state index in [2.05, 4.69) is 0 Å². The molecule has 2 rings (SSSR count). The van der Waals surface area contributed by atoms with Gasteiger partial charge < -0.3 is 14.7 Å². The Morgan fingerprint density at radius 2 is 1.89 bits per heavy atom. The molecule has 0 aromatic heterocycles. The maximum atomic E-state index is 12.4. The number of piperidine rings is 1. The molecule has 0 aliphatic carbocycles. The molecule has 0 aromatic rings. The maximum absolute atomic E-state index is 12.4. The molecule has 1 N–H and O–H groups in total. The Morgan fingerprint density at radius 1 is 1.21 bits per heavy atom. The fraction of sp³-hybridized carbons (Fsp3) is 0.846. The van der Waals surface area contributed by atoms with Crippen molar-refractivity contribution in [3.8, 4) is 0 Å². The van der Waals surface area contributed by atoms with Gasteiger partial charge in [-0.3, -0.25) is 9.69 Å². The highest BCUT2D eigenvalue weighted by Crippen LogP contribution is 2.15. The summed E-state index contributed by atoms with van der Waals surface area (Å²) in [6, 6.07) is -0.260. The van der Waals surface area contributed by atoms with Crippen LogP contribution in [0.4, 0.5) is 0 Å². The summed E-state index contributed by atoms with van der Waals surface area (Å²) >= 11 is 0. The van der Waals surface area contributed by atoms with Crippen molar-refractivity contribution >= 4 is 11.9 Å². The Hall–Kier alpha value is -1.14. The number of carbonyl (C=O) groups is 2. The van der Waals surface area contributed by atoms with E-state index in [-0.39, 0.29) is 18.5 Å². The second kappa shape index (κ2) is 6.34. The molecule has 19 heavy (non-hydrogen) atoms. The van der Waals surface area contributed by atoms with Gasteiger partial charge in [0.2, 0.25) is 5.91 Å². The first-order chi connectivity index (χ1) is 9.09. The van der Waals surface area contributed by atoms with Crippen LogP contribution in [-0.4, -0.2) is 71.7 Å². The van der Waals surface area contributed by atoms with E-state index in [1.165, 1.54) is 6.42 Å². The van der Waals surface area contributed by atoms with Gasteiger partial charge in [0, 0.05) is 26.2 Å². The molecular weight excluding hydrogens is 248 g/mol. The van der Waals surface area contributed by atoms with Crippen LogP contribution in [0, 0.1) is 0 Å². The monoisotopic (exact) mass is 270 g/mol. The lowest BCUT2D eigenvalue weighted by Crippen LogP contribution is -2.55. The van der Waals surface area contributed by atoms with E-state index in [1.54, 1.807) is 0 Å². The van der Waals surface area contributed by atoms with Gasteiger partial charge in [-0.1, -0.05) is 0 Å². The highest BCUT2D eigenvalue weighted by Gasteiger charge is 2.33. The van der Waals surface area contributed by atoms with E-state index in [0.717, 1.165) is 25.9 Å². The topological polar surface area (TPSA) is 70.1 Å². The molecule has 2 atom stereocenters. The number of carboxylic acids is 1. The number of ether oxygens (including phenoxy) is 1. The zero-order chi connectivity index (χ0) is 13.8. The predicted octanol–water partition coefficient (Wildman–Crippen LogP) is 0.173. The van der Waals surface area contributed by atoms with Gasteiger partial charge in [-0.2, -0.15) is 0 Å². The Morgan fingerprint density at radius 3 is 2.53 bits per heavy atom. The van der Waals surface area contributed by atoms with E-state index in [9.17, 15) is 9.59 Å². The van der Waals surface area contributed by atoms with Crippen LogP contribution in [0.2, 0.25) is 0 Å². The predicted molar refractivity (Wildman–Crippen MR) is 68.8 cm³/mol. The van der Waals surface area contributed by atoms with Gasteiger partial charge in [0.15, 0.2) is 6.10 Å². The van der Waals surface area contributed by atoms with Crippen molar-refractivity contribution < 1.29 is 19.4 Å². The smallest absolute Gasteiger partial charge is 0.334 e. The summed E-state index contributed by atoms with van der Waals surface area (Å²) in [6.45, 7) is 4.79. The summed E-state index contributed by atoms with van der Waals surface area (Å²) in [7, 11) is 0. The molecule has 108 valence electrons. The summed E-state index contributed by atoms with van der Waals surface area (Å²) in [5.41, 5.74) is 0. The van der Waals surface area contributed by atoms with Crippen LogP contribution < -0.4 is 0 Å². The minimum absolute atomic E-state index is 0.116. The first-order valence-corrected chi connectivity index (χ1v) is 6.97. The third-order valence-corrected chi connectivity index (χ3v) is 3.95. The van der Waals surface area contributed by atoms with Gasteiger partial charge in [-0.15, -0.1) is 0 Å². The van der Waals surface area contributed by atoms with E-state index < -0.39 is 12.1 Å². The van der Waals surface area contributed by atoms with Crippen molar-refractivity contribution in [3.63, 3.8) is 0 Å². The minimum atomic E-state index is -0.956. The lowest BCUT2D eigenvalue weighted by molar-refractivity contribution is -0.159. The molecule has 2 aliphatic heterocycles. The number of rotatable bonds is 3. The van der Waals surface area contributed by atoms with Gasteiger partial charge in [0.1, 0.15) is 0 Å². The number of hydrogen-bond donors (Lipinski definition) is 1. The van der Waals surface area contributed by atoms with Gasteiger partial charge >= 0.3 is 5.97 Å². The highest BCUT2D eigenvalue weighted by atomic mass is 16.5. The Labute approximate surface area is 113 Å². The largest absolute Gasteiger partial charge is 0.479 e. The Kier molecular flexibility index (Phi) is 4.76. The van der Waals surface area contributed by atoms with E-state index in [4.69, 9.17) is 9.84 Å². The van der Waals surface area contributed by atoms with Crippen molar-refractivity contribution in [2.24, 2.45) is 0 Å². The molecule has 0 saturated carbocycles. The standard InChI is InChI=1S/C13H22N2O4/c1-10(12(16)14-5-3-2-4-6-14)15-7-8-19-11(9-15)13(17)18/h10-11H,2-9H2,1H3,(H,17,18). The van der Waals surface area contributed by atoms with Crippen LogP contribution in [0.3, 0.4) is 0 Å². The molecule has 2 heterocycles. The number of nitrogens with zero attached hydrogens (tertiary/aromatic N) is 2. The van der Waals surface area contributed by atoms with Gasteiger partial charge in [0.05, 0.1) is 12.6 Å². The molecule has 0 spiro atoms. The number of aliphatic carboxylic acids is 1. The van der Waals surface area contributed by atoms with Crippen LogP contribution in [0.25, 0.3) is 0 Å². The van der Waals surface area contributed by atoms with Gasteiger partial charge in [-0.25, -0.2) is 4.79 Å². The van der Waals surface area contributed by atoms with Crippen molar-refractivity contribution in [2.45, 2.75) is 38.3 Å². The Balaban J connectivity index is 1.92. The van der Waals surface area contributed by atoms with Crippen molar-refractivity contribution in [1.29, 1.82) is 0 Å². The average molecular weight is 270 g/mol. The molecule has 2 aliphatic rings. The van der Waals surface area contributed by atoms with Crippen LogP contribution in [0.15, 0.2) is 0 Å². The lowest BCUT2D eigenvalue weighted by atomic mass is 10.1. The fourth-order valence-electron chi connectivity index (χ4n) is 2.71.